The van der Waals surface area contributed by atoms with Gasteiger partial charge in [-0.05, 0) is 49.2 Å². The van der Waals surface area contributed by atoms with Crippen molar-refractivity contribution in [2.75, 3.05) is 19.7 Å². The number of hydrogen-bond acceptors (Lipinski definition) is 4. The summed E-state index contributed by atoms with van der Waals surface area (Å²) in [5.41, 5.74) is 1.33. The van der Waals surface area contributed by atoms with Gasteiger partial charge >= 0.3 is 5.97 Å². The molecular weight excluding hydrogens is 406 g/mol. The second-order valence-corrected chi connectivity index (χ2v) is 7.92. The van der Waals surface area contributed by atoms with Crippen LogP contribution in [-0.2, 0) is 22.6 Å². The lowest BCUT2D eigenvalue weighted by molar-refractivity contribution is -0.139. The van der Waals surface area contributed by atoms with E-state index in [0.717, 1.165) is 11.6 Å². The van der Waals surface area contributed by atoms with Crippen molar-refractivity contribution in [2.24, 2.45) is 0 Å². The van der Waals surface area contributed by atoms with Gasteiger partial charge in [0.15, 0.2) is 18.2 Å². The van der Waals surface area contributed by atoms with E-state index in [-0.39, 0.29) is 42.6 Å². The van der Waals surface area contributed by atoms with E-state index in [9.17, 15) is 18.4 Å². The van der Waals surface area contributed by atoms with E-state index in [0.29, 0.717) is 25.2 Å². The van der Waals surface area contributed by atoms with E-state index in [2.05, 4.69) is 4.90 Å². The minimum Gasteiger partial charge on any atom is -0.481 e. The first kappa shape index (κ1) is 22.7. The Hall–Kier alpha value is -3.00. The van der Waals surface area contributed by atoms with Gasteiger partial charge in [0.2, 0.25) is 0 Å². The minimum absolute atomic E-state index is 0.0597. The second kappa shape index (κ2) is 9.87. The summed E-state index contributed by atoms with van der Waals surface area (Å²) < 4.78 is 32.6. The molecule has 1 amide bonds. The van der Waals surface area contributed by atoms with Crippen molar-refractivity contribution in [1.29, 1.82) is 0 Å². The predicted octanol–water partition coefficient (Wildman–Crippen LogP) is 3.09. The van der Waals surface area contributed by atoms with Crippen LogP contribution in [-0.4, -0.2) is 58.6 Å². The van der Waals surface area contributed by atoms with Gasteiger partial charge in [-0.1, -0.05) is 18.2 Å². The Morgan fingerprint density at radius 3 is 2.35 bits per heavy atom. The zero-order valence-corrected chi connectivity index (χ0v) is 17.6. The Morgan fingerprint density at radius 1 is 1.03 bits per heavy atom. The van der Waals surface area contributed by atoms with Crippen molar-refractivity contribution in [2.45, 2.75) is 38.9 Å². The van der Waals surface area contributed by atoms with Crippen LogP contribution in [0.2, 0.25) is 0 Å². The van der Waals surface area contributed by atoms with E-state index in [1.807, 2.05) is 13.8 Å². The van der Waals surface area contributed by atoms with Crippen LogP contribution in [0.1, 0.15) is 25.0 Å². The largest absolute Gasteiger partial charge is 0.481 e. The minimum atomic E-state index is -1.05. The number of aliphatic carboxylic acids is 1. The first-order valence-electron chi connectivity index (χ1n) is 10.1. The maximum absolute atomic E-state index is 14.1. The van der Waals surface area contributed by atoms with Crippen LogP contribution in [0.3, 0.4) is 0 Å². The maximum atomic E-state index is 14.1. The number of ether oxygens (including phenoxy) is 1. The molecule has 0 spiro atoms. The molecule has 1 aliphatic heterocycles. The van der Waals surface area contributed by atoms with Gasteiger partial charge in [0, 0.05) is 31.7 Å². The van der Waals surface area contributed by atoms with Gasteiger partial charge in [-0.25, -0.2) is 8.78 Å². The first-order valence-corrected chi connectivity index (χ1v) is 10.1. The number of rotatable bonds is 7. The molecule has 0 bridgehead atoms. The van der Waals surface area contributed by atoms with E-state index in [1.54, 1.807) is 17.0 Å². The predicted molar refractivity (Wildman–Crippen MR) is 111 cm³/mol. The summed E-state index contributed by atoms with van der Waals surface area (Å²) in [6.45, 7) is 5.50. The molecule has 166 valence electrons. The number of piperazine rings is 1. The molecule has 6 nitrogen and oxygen atoms in total. The SMILES string of the molecule is C[C@@H]1CN(C(=O)COc2ccc(CC(=O)O)cc2F)[C@@H](C)CN1Cc1ccc(F)cc1. The molecule has 1 aliphatic rings. The average molecular weight is 432 g/mol. The van der Waals surface area contributed by atoms with Gasteiger partial charge in [-0.2, -0.15) is 0 Å². The molecule has 0 aromatic heterocycles. The van der Waals surface area contributed by atoms with Crippen molar-refractivity contribution >= 4 is 11.9 Å². The summed E-state index contributed by atoms with van der Waals surface area (Å²) in [5, 5.41) is 8.78. The monoisotopic (exact) mass is 432 g/mol. The van der Waals surface area contributed by atoms with Crippen LogP contribution in [0.4, 0.5) is 8.78 Å². The molecule has 1 N–H and O–H groups in total. The first-order chi connectivity index (χ1) is 14.7. The smallest absolute Gasteiger partial charge is 0.307 e. The molecule has 2 atom stereocenters. The summed E-state index contributed by atoms with van der Waals surface area (Å²) in [7, 11) is 0. The third kappa shape index (κ3) is 6.01. The molecule has 0 unspecified atom stereocenters. The Balaban J connectivity index is 1.55. The zero-order chi connectivity index (χ0) is 22.5. The van der Waals surface area contributed by atoms with Gasteiger partial charge in [0.1, 0.15) is 5.82 Å². The number of carbonyl (C=O) groups excluding carboxylic acids is 1. The molecule has 0 saturated carbocycles. The fourth-order valence-corrected chi connectivity index (χ4v) is 3.76. The highest BCUT2D eigenvalue weighted by Crippen LogP contribution is 2.21. The number of benzene rings is 2. The van der Waals surface area contributed by atoms with Crippen LogP contribution >= 0.6 is 0 Å². The number of carboxylic acid groups (broad SMARTS) is 1. The van der Waals surface area contributed by atoms with Crippen LogP contribution in [0.15, 0.2) is 42.5 Å². The quantitative estimate of drug-likeness (QED) is 0.728. The Kier molecular flexibility index (Phi) is 7.22. The Labute approximate surface area is 180 Å². The number of carbonyl (C=O) groups is 2. The third-order valence-electron chi connectivity index (χ3n) is 5.44. The average Bonchev–Trinajstić information content (AvgIpc) is 2.71. The molecule has 1 fully saturated rings. The number of hydrogen-bond donors (Lipinski definition) is 1. The lowest BCUT2D eigenvalue weighted by atomic mass is 10.1. The van der Waals surface area contributed by atoms with Gasteiger partial charge in [-0.3, -0.25) is 14.5 Å². The maximum Gasteiger partial charge on any atom is 0.307 e. The van der Waals surface area contributed by atoms with E-state index >= 15 is 0 Å². The van der Waals surface area contributed by atoms with Crippen LogP contribution in [0.25, 0.3) is 0 Å². The normalized spacial score (nSPS) is 19.3. The molecule has 0 radical (unpaired) electrons. The molecule has 1 heterocycles. The highest BCUT2D eigenvalue weighted by Gasteiger charge is 2.32. The topological polar surface area (TPSA) is 70.1 Å². The van der Waals surface area contributed by atoms with E-state index in [4.69, 9.17) is 9.84 Å². The number of amides is 1. The molecule has 1 saturated heterocycles. The van der Waals surface area contributed by atoms with E-state index < -0.39 is 11.8 Å². The molecule has 2 aromatic carbocycles. The second-order valence-electron chi connectivity index (χ2n) is 7.92. The van der Waals surface area contributed by atoms with Gasteiger partial charge in [-0.15, -0.1) is 0 Å². The number of carboxylic acids is 1. The molecule has 31 heavy (non-hydrogen) atoms. The standard InChI is InChI=1S/C23H26F2N2O4/c1-15-12-27(16(2)11-26(15)13-17-3-6-19(24)7-4-17)22(28)14-31-21-8-5-18(9-20(21)25)10-23(29)30/h3-9,15-16H,10-14H2,1-2H3,(H,29,30)/t15-,16+/m1/s1. The van der Waals surface area contributed by atoms with Crippen LogP contribution in [0.5, 0.6) is 5.75 Å². The van der Waals surface area contributed by atoms with Crippen molar-refractivity contribution in [3.05, 3.63) is 65.2 Å². The fraction of sp³-hybridized carbons (Fsp3) is 0.391. The number of halogens is 2. The van der Waals surface area contributed by atoms with Crippen molar-refractivity contribution in [1.82, 2.24) is 9.80 Å². The number of nitrogens with zero attached hydrogens (tertiary/aromatic N) is 2. The highest BCUT2D eigenvalue weighted by atomic mass is 19.1. The molecule has 8 heteroatoms. The molecular formula is C23H26F2N2O4. The van der Waals surface area contributed by atoms with Crippen molar-refractivity contribution < 1.29 is 28.2 Å². The van der Waals surface area contributed by atoms with Gasteiger partial charge in [0.25, 0.3) is 5.91 Å². The van der Waals surface area contributed by atoms with Gasteiger partial charge < -0.3 is 14.7 Å². The van der Waals surface area contributed by atoms with E-state index in [1.165, 1.54) is 24.3 Å². The summed E-state index contributed by atoms with van der Waals surface area (Å²) in [6, 6.07) is 10.3. The fourth-order valence-electron chi connectivity index (χ4n) is 3.76. The van der Waals surface area contributed by atoms with Crippen molar-refractivity contribution in [3.63, 3.8) is 0 Å². The summed E-state index contributed by atoms with van der Waals surface area (Å²) >= 11 is 0. The van der Waals surface area contributed by atoms with Crippen LogP contribution in [0, 0.1) is 11.6 Å². The Morgan fingerprint density at radius 2 is 1.71 bits per heavy atom. The molecule has 3 rings (SSSR count). The highest BCUT2D eigenvalue weighted by molar-refractivity contribution is 5.78. The lowest BCUT2D eigenvalue weighted by Gasteiger charge is -2.44. The Bertz CT molecular complexity index is 936. The van der Waals surface area contributed by atoms with Crippen molar-refractivity contribution in [3.8, 4) is 5.75 Å². The molecule has 2 aromatic rings. The zero-order valence-electron chi connectivity index (χ0n) is 17.6. The summed E-state index contributed by atoms with van der Waals surface area (Å²) in [6.07, 6.45) is -0.284. The lowest BCUT2D eigenvalue weighted by Crippen LogP contribution is -2.58. The summed E-state index contributed by atoms with van der Waals surface area (Å²) in [5.74, 6) is -2.34. The third-order valence-corrected chi connectivity index (χ3v) is 5.44. The molecule has 0 aliphatic carbocycles. The summed E-state index contributed by atoms with van der Waals surface area (Å²) in [4.78, 5) is 27.4. The van der Waals surface area contributed by atoms with Crippen LogP contribution < -0.4 is 4.74 Å². The van der Waals surface area contributed by atoms with Gasteiger partial charge in [0.05, 0.1) is 6.42 Å².